The van der Waals surface area contributed by atoms with Crippen LogP contribution in [-0.2, 0) is 7.05 Å². The van der Waals surface area contributed by atoms with Crippen LogP contribution in [-0.4, -0.2) is 20.8 Å². The highest BCUT2D eigenvalue weighted by molar-refractivity contribution is 7.98. The summed E-state index contributed by atoms with van der Waals surface area (Å²) in [6, 6.07) is 0. The standard InChI is InChI=1S/C8H7N3O3S/c1-11-5-4(6(12)14-8(11)13)3-9-7(10-5)15-2/h3H,1-2H3. The molecule has 2 aromatic rings. The van der Waals surface area contributed by atoms with Gasteiger partial charge < -0.3 is 4.42 Å². The molecule has 0 atom stereocenters. The second kappa shape index (κ2) is 3.50. The van der Waals surface area contributed by atoms with Gasteiger partial charge in [-0.25, -0.2) is 19.6 Å². The Morgan fingerprint density at radius 2 is 2.20 bits per heavy atom. The Hall–Kier alpha value is -1.63. The fourth-order valence-corrected chi connectivity index (χ4v) is 1.48. The molecule has 0 bridgehead atoms. The highest BCUT2D eigenvalue weighted by atomic mass is 32.2. The number of fused-ring (bicyclic) bond motifs is 1. The van der Waals surface area contributed by atoms with Crippen molar-refractivity contribution in [2.75, 3.05) is 6.26 Å². The first kappa shape index (κ1) is 9.91. The second-order valence-electron chi connectivity index (χ2n) is 2.81. The van der Waals surface area contributed by atoms with Gasteiger partial charge in [-0.1, -0.05) is 11.8 Å². The van der Waals surface area contributed by atoms with Crippen molar-refractivity contribution in [3.8, 4) is 0 Å². The summed E-state index contributed by atoms with van der Waals surface area (Å²) < 4.78 is 5.64. The van der Waals surface area contributed by atoms with E-state index in [0.717, 1.165) is 0 Å². The number of hydrogen-bond acceptors (Lipinski definition) is 6. The summed E-state index contributed by atoms with van der Waals surface area (Å²) in [5.41, 5.74) is -0.420. The minimum atomic E-state index is -0.724. The van der Waals surface area contributed by atoms with Gasteiger partial charge in [0.05, 0.1) is 0 Å². The molecule has 0 amide bonds. The van der Waals surface area contributed by atoms with Gasteiger partial charge >= 0.3 is 11.4 Å². The third-order valence-corrected chi connectivity index (χ3v) is 2.48. The fraction of sp³-hybridized carbons (Fsp3) is 0.250. The van der Waals surface area contributed by atoms with Crippen LogP contribution in [0.2, 0.25) is 0 Å². The van der Waals surface area contributed by atoms with E-state index in [-0.39, 0.29) is 11.0 Å². The first-order valence-electron chi connectivity index (χ1n) is 4.04. The molecule has 0 radical (unpaired) electrons. The van der Waals surface area contributed by atoms with Gasteiger partial charge in [0.1, 0.15) is 5.39 Å². The van der Waals surface area contributed by atoms with Gasteiger partial charge in [0.25, 0.3) is 0 Å². The summed E-state index contributed by atoms with van der Waals surface area (Å²) in [6.07, 6.45) is 3.17. The second-order valence-corrected chi connectivity index (χ2v) is 3.58. The van der Waals surface area contributed by atoms with Crippen LogP contribution in [0.4, 0.5) is 0 Å². The first-order chi connectivity index (χ1) is 7.13. The van der Waals surface area contributed by atoms with Crippen LogP contribution in [0.1, 0.15) is 0 Å². The van der Waals surface area contributed by atoms with E-state index in [1.807, 2.05) is 6.26 Å². The van der Waals surface area contributed by atoms with E-state index in [0.29, 0.717) is 5.16 Å². The summed E-state index contributed by atoms with van der Waals surface area (Å²) in [5, 5.41) is 0.706. The zero-order valence-corrected chi connectivity index (χ0v) is 8.87. The van der Waals surface area contributed by atoms with E-state index in [4.69, 9.17) is 0 Å². The number of aromatic nitrogens is 3. The molecule has 6 nitrogen and oxygen atoms in total. The Balaban J connectivity index is 2.98. The van der Waals surface area contributed by atoms with Crippen molar-refractivity contribution in [3.05, 3.63) is 27.2 Å². The minimum absolute atomic E-state index is 0.204. The Bertz CT molecular complexity index is 631. The maximum atomic E-state index is 11.3. The van der Waals surface area contributed by atoms with Crippen LogP contribution in [0.25, 0.3) is 11.0 Å². The van der Waals surface area contributed by atoms with E-state index >= 15 is 0 Å². The molecule has 0 N–H and O–H groups in total. The van der Waals surface area contributed by atoms with Crippen molar-refractivity contribution in [1.82, 2.24) is 14.5 Å². The van der Waals surface area contributed by atoms with Crippen molar-refractivity contribution in [2.45, 2.75) is 5.16 Å². The number of nitrogens with zero attached hydrogens (tertiary/aromatic N) is 3. The average Bonchev–Trinajstić information content (AvgIpc) is 2.25. The van der Waals surface area contributed by atoms with Gasteiger partial charge in [-0.15, -0.1) is 0 Å². The molecule has 0 aromatic carbocycles. The molecule has 0 aliphatic rings. The SMILES string of the molecule is CSc1ncc2c(=O)oc(=O)n(C)c2n1. The molecule has 78 valence electrons. The smallest absolute Gasteiger partial charge is 0.372 e. The van der Waals surface area contributed by atoms with Crippen LogP contribution in [0.5, 0.6) is 0 Å². The van der Waals surface area contributed by atoms with Gasteiger partial charge in [0.15, 0.2) is 10.8 Å². The first-order valence-corrected chi connectivity index (χ1v) is 5.27. The topological polar surface area (TPSA) is 78.0 Å². The normalized spacial score (nSPS) is 10.8. The van der Waals surface area contributed by atoms with E-state index < -0.39 is 11.4 Å². The minimum Gasteiger partial charge on any atom is -0.372 e. The number of thioether (sulfide) groups is 1. The molecule has 0 saturated heterocycles. The molecule has 2 rings (SSSR count). The molecule has 2 aromatic heterocycles. The van der Waals surface area contributed by atoms with Crippen LogP contribution in [0, 0.1) is 0 Å². The Morgan fingerprint density at radius 3 is 2.87 bits per heavy atom. The number of aryl methyl sites for hydroxylation is 1. The van der Waals surface area contributed by atoms with E-state index in [1.54, 1.807) is 0 Å². The fourth-order valence-electron chi connectivity index (χ4n) is 1.14. The summed E-state index contributed by atoms with van der Waals surface area (Å²) >= 11 is 1.33. The van der Waals surface area contributed by atoms with Gasteiger partial charge in [-0.2, -0.15) is 0 Å². The van der Waals surface area contributed by atoms with Gasteiger partial charge in [-0.05, 0) is 6.26 Å². The monoisotopic (exact) mass is 225 g/mol. The molecule has 0 unspecified atom stereocenters. The van der Waals surface area contributed by atoms with Gasteiger partial charge in [-0.3, -0.25) is 4.57 Å². The number of rotatable bonds is 1. The maximum Gasteiger partial charge on any atom is 0.423 e. The molecule has 2 heterocycles. The lowest BCUT2D eigenvalue weighted by atomic mass is 10.4. The summed E-state index contributed by atoms with van der Waals surface area (Å²) in [5.74, 6) is -0.724. The Morgan fingerprint density at radius 1 is 1.47 bits per heavy atom. The quantitative estimate of drug-likeness (QED) is 0.502. The molecule has 0 saturated carbocycles. The largest absolute Gasteiger partial charge is 0.423 e. The van der Waals surface area contributed by atoms with E-state index in [9.17, 15) is 9.59 Å². The zero-order valence-electron chi connectivity index (χ0n) is 8.05. The lowest BCUT2D eigenvalue weighted by Crippen LogP contribution is -2.23. The molecule has 0 aliphatic heterocycles. The van der Waals surface area contributed by atoms with Crippen LogP contribution >= 0.6 is 11.8 Å². The molecule has 0 spiro atoms. The summed E-state index contributed by atoms with van der Waals surface area (Å²) in [6.45, 7) is 0. The average molecular weight is 225 g/mol. The van der Waals surface area contributed by atoms with Crippen molar-refractivity contribution in [3.63, 3.8) is 0 Å². The van der Waals surface area contributed by atoms with Crippen molar-refractivity contribution >= 4 is 22.8 Å². The van der Waals surface area contributed by atoms with E-state index in [1.165, 1.54) is 29.6 Å². The predicted octanol–water partition coefficient (Wildman–Crippen LogP) is 0.00360. The predicted molar refractivity (Wildman–Crippen MR) is 55.1 cm³/mol. The molecular weight excluding hydrogens is 218 g/mol. The third-order valence-electron chi connectivity index (χ3n) is 1.92. The molecule has 0 aliphatic carbocycles. The van der Waals surface area contributed by atoms with Crippen LogP contribution in [0.15, 0.2) is 25.4 Å². The van der Waals surface area contributed by atoms with Gasteiger partial charge in [0.2, 0.25) is 0 Å². The van der Waals surface area contributed by atoms with Crippen LogP contribution < -0.4 is 11.4 Å². The Labute approximate surface area is 88.0 Å². The lowest BCUT2D eigenvalue weighted by molar-refractivity contribution is 0.430. The molecule has 0 fully saturated rings. The van der Waals surface area contributed by atoms with Crippen LogP contribution in [0.3, 0.4) is 0 Å². The van der Waals surface area contributed by atoms with Gasteiger partial charge in [0, 0.05) is 13.2 Å². The van der Waals surface area contributed by atoms with E-state index in [2.05, 4.69) is 14.4 Å². The molecule has 7 heteroatoms. The zero-order chi connectivity index (χ0) is 11.0. The maximum absolute atomic E-state index is 11.3. The highest BCUT2D eigenvalue weighted by Crippen LogP contribution is 2.10. The van der Waals surface area contributed by atoms with Crippen molar-refractivity contribution in [1.29, 1.82) is 0 Å². The third kappa shape index (κ3) is 1.54. The van der Waals surface area contributed by atoms with Crippen molar-refractivity contribution < 1.29 is 4.42 Å². The lowest BCUT2D eigenvalue weighted by Gasteiger charge is -2.01. The molecule has 15 heavy (non-hydrogen) atoms. The number of hydrogen-bond donors (Lipinski definition) is 0. The summed E-state index contributed by atoms with van der Waals surface area (Å²) in [7, 11) is 1.49. The highest BCUT2D eigenvalue weighted by Gasteiger charge is 2.09. The Kier molecular flexibility index (Phi) is 2.31. The van der Waals surface area contributed by atoms with Crippen molar-refractivity contribution in [2.24, 2.45) is 7.05 Å². The molecular formula is C8H7N3O3S. The summed E-state index contributed by atoms with van der Waals surface area (Å²) in [4.78, 5) is 30.5.